The minimum absolute atomic E-state index is 0.109. The quantitative estimate of drug-likeness (QED) is 0.484. The number of methoxy groups -OCH3 is 1. The molecule has 0 spiro atoms. The molecule has 0 saturated carbocycles. The Morgan fingerprint density at radius 1 is 1.73 bits per heavy atom. The molecule has 3 heteroatoms. The van der Waals surface area contributed by atoms with Crippen LogP contribution >= 0.6 is 0 Å². The van der Waals surface area contributed by atoms with Gasteiger partial charge in [-0.3, -0.25) is 4.79 Å². The van der Waals surface area contributed by atoms with E-state index in [-0.39, 0.29) is 24.9 Å². The highest BCUT2D eigenvalue weighted by Crippen LogP contribution is 1.96. The van der Waals surface area contributed by atoms with Crippen molar-refractivity contribution in [2.45, 2.75) is 13.3 Å². The number of hydrogen-bond acceptors (Lipinski definition) is 3. The number of hydrogen-bond donors (Lipinski definition) is 1. The number of ether oxygens (including phenoxy) is 1. The van der Waals surface area contributed by atoms with E-state index >= 15 is 0 Å². The fourth-order valence-corrected chi connectivity index (χ4v) is 0.541. The Morgan fingerprint density at radius 3 is 2.82 bits per heavy atom. The normalized spacial score (nSPS) is 13.4. The highest BCUT2D eigenvalue weighted by molar-refractivity contribution is 5.70. The van der Waals surface area contributed by atoms with E-state index in [1.807, 2.05) is 6.92 Å². The molecule has 0 saturated heterocycles. The van der Waals surface area contributed by atoms with Crippen molar-refractivity contribution in [3.63, 3.8) is 0 Å². The lowest BCUT2D eigenvalue weighted by Gasteiger charge is -1.97. The molecule has 0 fully saturated rings. The van der Waals surface area contributed by atoms with Crippen LogP contribution in [-0.4, -0.2) is 24.8 Å². The predicted octanol–water partition coefficient (Wildman–Crippen LogP) is 0.734. The van der Waals surface area contributed by atoms with Gasteiger partial charge in [-0.15, -0.1) is 0 Å². The van der Waals surface area contributed by atoms with E-state index in [1.54, 1.807) is 12.2 Å². The fourth-order valence-electron chi connectivity index (χ4n) is 0.541. The van der Waals surface area contributed by atoms with Gasteiger partial charge in [0.25, 0.3) is 0 Å². The molecule has 0 aliphatic rings. The molecule has 0 heterocycles. The Kier molecular flexibility index (Phi) is 5.47. The minimum atomic E-state index is -0.258. The van der Waals surface area contributed by atoms with Crippen LogP contribution < -0.4 is 0 Å². The zero-order valence-electron chi connectivity index (χ0n) is 6.91. The maximum absolute atomic E-state index is 10.5. The van der Waals surface area contributed by atoms with E-state index in [0.29, 0.717) is 0 Å². The largest absolute Gasteiger partial charge is 0.469 e. The van der Waals surface area contributed by atoms with Gasteiger partial charge in [0, 0.05) is 6.61 Å². The Labute approximate surface area is 66.7 Å². The molecule has 0 rings (SSSR count). The fraction of sp³-hybridized carbons (Fsp3) is 0.625. The second-order valence-corrected chi connectivity index (χ2v) is 2.37. The third-order valence-electron chi connectivity index (χ3n) is 1.26. The van der Waals surface area contributed by atoms with E-state index < -0.39 is 0 Å². The minimum Gasteiger partial charge on any atom is -0.469 e. The van der Waals surface area contributed by atoms with Gasteiger partial charge in [0.2, 0.25) is 0 Å². The van der Waals surface area contributed by atoms with Crippen LogP contribution in [0.25, 0.3) is 0 Å². The van der Waals surface area contributed by atoms with Crippen LogP contribution in [0.5, 0.6) is 0 Å². The predicted molar refractivity (Wildman–Crippen MR) is 42.0 cm³/mol. The van der Waals surface area contributed by atoms with Gasteiger partial charge < -0.3 is 9.84 Å². The van der Waals surface area contributed by atoms with Crippen molar-refractivity contribution >= 4 is 5.97 Å². The van der Waals surface area contributed by atoms with Gasteiger partial charge in [-0.05, 0) is 5.92 Å². The zero-order valence-corrected chi connectivity index (χ0v) is 6.91. The maximum atomic E-state index is 10.5. The first-order valence-electron chi connectivity index (χ1n) is 3.55. The first kappa shape index (κ1) is 10.2. The Hall–Kier alpha value is -0.830. The van der Waals surface area contributed by atoms with E-state index in [1.165, 1.54) is 7.11 Å². The maximum Gasteiger partial charge on any atom is 0.309 e. The van der Waals surface area contributed by atoms with Gasteiger partial charge in [-0.1, -0.05) is 19.1 Å². The van der Waals surface area contributed by atoms with Gasteiger partial charge in [0.15, 0.2) is 0 Å². The molecule has 0 aromatic heterocycles. The van der Waals surface area contributed by atoms with E-state index in [4.69, 9.17) is 5.11 Å². The van der Waals surface area contributed by atoms with Crippen LogP contribution in [0.1, 0.15) is 13.3 Å². The van der Waals surface area contributed by atoms with Crippen molar-refractivity contribution in [2.24, 2.45) is 5.92 Å². The summed E-state index contributed by atoms with van der Waals surface area (Å²) in [5.41, 5.74) is 0. The molecule has 0 amide bonds. The molecular weight excluding hydrogens is 144 g/mol. The summed E-state index contributed by atoms with van der Waals surface area (Å²) in [5.74, 6) is -0.147. The Morgan fingerprint density at radius 2 is 2.36 bits per heavy atom. The summed E-state index contributed by atoms with van der Waals surface area (Å²) < 4.78 is 4.41. The summed E-state index contributed by atoms with van der Waals surface area (Å²) in [6, 6.07) is 0. The lowest BCUT2D eigenvalue weighted by Crippen LogP contribution is -1.99. The monoisotopic (exact) mass is 158 g/mol. The summed E-state index contributed by atoms with van der Waals surface area (Å²) in [4.78, 5) is 10.5. The molecule has 0 aliphatic carbocycles. The van der Waals surface area contributed by atoms with Gasteiger partial charge in [0.05, 0.1) is 13.5 Å². The summed E-state index contributed by atoms with van der Waals surface area (Å²) >= 11 is 0. The molecular formula is C8H14O3. The van der Waals surface area contributed by atoms with Gasteiger partial charge in [-0.2, -0.15) is 0 Å². The summed E-state index contributed by atoms with van der Waals surface area (Å²) in [5, 5.41) is 8.59. The molecule has 1 N–H and O–H groups in total. The van der Waals surface area contributed by atoms with Crippen LogP contribution in [-0.2, 0) is 9.53 Å². The standard InChI is InChI=1S/C8H14O3/c1-7(6-9)4-3-5-8(10)11-2/h3-4,7,9H,5-6H2,1-2H3/b4-3+/t7-/m1/s1. The summed E-state index contributed by atoms with van der Waals surface area (Å²) in [7, 11) is 1.35. The molecule has 0 unspecified atom stereocenters. The van der Waals surface area contributed by atoms with Crippen LogP contribution in [0.3, 0.4) is 0 Å². The molecule has 0 bridgehead atoms. The van der Waals surface area contributed by atoms with E-state index in [0.717, 1.165) is 0 Å². The number of carbonyl (C=O) groups excluding carboxylic acids is 1. The number of esters is 1. The molecule has 11 heavy (non-hydrogen) atoms. The first-order chi connectivity index (χ1) is 5.20. The third-order valence-corrected chi connectivity index (χ3v) is 1.26. The number of carbonyl (C=O) groups is 1. The van der Waals surface area contributed by atoms with Crippen molar-refractivity contribution in [3.05, 3.63) is 12.2 Å². The van der Waals surface area contributed by atoms with Crippen LogP contribution in [0, 0.1) is 5.92 Å². The zero-order chi connectivity index (χ0) is 8.69. The molecule has 0 aromatic carbocycles. The Bertz CT molecular complexity index is 140. The summed E-state index contributed by atoms with van der Waals surface area (Å²) in [6.45, 7) is 1.98. The summed E-state index contributed by atoms with van der Waals surface area (Å²) in [6.07, 6.45) is 3.77. The van der Waals surface area contributed by atoms with Crippen molar-refractivity contribution < 1.29 is 14.6 Å². The van der Waals surface area contributed by atoms with Gasteiger partial charge >= 0.3 is 5.97 Å². The first-order valence-corrected chi connectivity index (χ1v) is 3.55. The molecule has 0 aromatic rings. The second-order valence-electron chi connectivity index (χ2n) is 2.37. The number of aliphatic hydroxyl groups excluding tert-OH is 1. The van der Waals surface area contributed by atoms with Crippen molar-refractivity contribution in [1.29, 1.82) is 0 Å². The highest BCUT2D eigenvalue weighted by atomic mass is 16.5. The highest BCUT2D eigenvalue weighted by Gasteiger charge is 1.95. The van der Waals surface area contributed by atoms with Crippen LogP contribution in [0.2, 0.25) is 0 Å². The van der Waals surface area contributed by atoms with E-state index in [2.05, 4.69) is 4.74 Å². The van der Waals surface area contributed by atoms with Gasteiger partial charge in [-0.25, -0.2) is 0 Å². The lowest BCUT2D eigenvalue weighted by molar-refractivity contribution is -0.139. The Balaban J connectivity index is 3.51. The molecule has 1 atom stereocenters. The molecule has 0 aliphatic heterocycles. The van der Waals surface area contributed by atoms with Crippen LogP contribution in [0.15, 0.2) is 12.2 Å². The average molecular weight is 158 g/mol. The SMILES string of the molecule is COC(=O)C/C=C/[C@@H](C)CO. The topological polar surface area (TPSA) is 46.5 Å². The second kappa shape index (κ2) is 5.92. The van der Waals surface area contributed by atoms with Crippen molar-refractivity contribution in [2.75, 3.05) is 13.7 Å². The molecule has 0 radical (unpaired) electrons. The van der Waals surface area contributed by atoms with E-state index in [9.17, 15) is 4.79 Å². The van der Waals surface area contributed by atoms with Crippen molar-refractivity contribution in [1.82, 2.24) is 0 Å². The smallest absolute Gasteiger partial charge is 0.309 e. The number of aliphatic hydroxyl groups is 1. The van der Waals surface area contributed by atoms with Crippen molar-refractivity contribution in [3.8, 4) is 0 Å². The molecule has 64 valence electrons. The lowest BCUT2D eigenvalue weighted by atomic mass is 10.2. The van der Waals surface area contributed by atoms with Gasteiger partial charge in [0.1, 0.15) is 0 Å². The third kappa shape index (κ3) is 5.61. The molecule has 3 nitrogen and oxygen atoms in total. The number of rotatable bonds is 4. The average Bonchev–Trinajstić information content (AvgIpc) is 2.04. The van der Waals surface area contributed by atoms with Crippen LogP contribution in [0.4, 0.5) is 0 Å².